The summed E-state index contributed by atoms with van der Waals surface area (Å²) in [5, 5.41) is 1.35. The second-order valence-electron chi connectivity index (χ2n) is 3.95. The second kappa shape index (κ2) is 3.62. The van der Waals surface area contributed by atoms with Crippen LogP contribution in [0.2, 0.25) is 0 Å². The van der Waals surface area contributed by atoms with Gasteiger partial charge in [0.1, 0.15) is 0 Å². The van der Waals surface area contributed by atoms with Gasteiger partial charge < -0.3 is 0 Å². The Morgan fingerprint density at radius 1 is 1.54 bits per heavy atom. The topological polar surface area (TPSA) is 12.9 Å². The molecule has 1 nitrogen and oxygen atoms in total. The Morgan fingerprint density at radius 2 is 2.23 bits per heavy atom. The van der Waals surface area contributed by atoms with Crippen molar-refractivity contribution in [2.45, 2.75) is 44.3 Å². The maximum absolute atomic E-state index is 4.71. The lowest BCUT2D eigenvalue weighted by atomic mass is 10.1. The van der Waals surface area contributed by atoms with Gasteiger partial charge in [-0.15, -0.1) is 11.3 Å². The van der Waals surface area contributed by atoms with E-state index in [1.807, 2.05) is 11.3 Å². The summed E-state index contributed by atoms with van der Waals surface area (Å²) in [5.41, 5.74) is 1.28. The lowest BCUT2D eigenvalue weighted by Crippen LogP contribution is -1.91. The van der Waals surface area contributed by atoms with Gasteiger partial charge >= 0.3 is 0 Å². The minimum Gasteiger partial charge on any atom is -0.245 e. The molecule has 0 amide bonds. The highest BCUT2D eigenvalue weighted by Gasteiger charge is 2.28. The number of nitrogens with zero attached hydrogens (tertiary/aromatic N) is 1. The summed E-state index contributed by atoms with van der Waals surface area (Å²) >= 11 is 6.22. The molecule has 72 valence electrons. The van der Waals surface area contributed by atoms with Crippen molar-refractivity contribution in [3.8, 4) is 0 Å². The molecule has 0 saturated heterocycles. The molecule has 1 heterocycles. The summed E-state index contributed by atoms with van der Waals surface area (Å²) in [6, 6.07) is 0. The summed E-state index contributed by atoms with van der Waals surface area (Å²) in [6.07, 6.45) is 2.69. The monoisotopic (exact) mass is 213 g/mol. The molecule has 0 atom stereocenters. The number of hydrogen-bond donors (Lipinski definition) is 1. The first-order chi connectivity index (χ1) is 6.22. The Hall–Kier alpha value is -0.0200. The van der Waals surface area contributed by atoms with Crippen LogP contribution in [0, 0.1) is 0 Å². The van der Waals surface area contributed by atoms with Gasteiger partial charge in [-0.3, -0.25) is 0 Å². The second-order valence-corrected chi connectivity index (χ2v) is 5.38. The minimum atomic E-state index is 0.547. The smallest absolute Gasteiger partial charge is 0.0962 e. The van der Waals surface area contributed by atoms with E-state index in [-0.39, 0.29) is 0 Å². The van der Waals surface area contributed by atoms with Crippen LogP contribution < -0.4 is 0 Å². The molecule has 3 heteroatoms. The Kier molecular flexibility index (Phi) is 2.65. The van der Waals surface area contributed by atoms with Crippen molar-refractivity contribution in [2.75, 3.05) is 0 Å². The normalized spacial score (nSPS) is 16.9. The van der Waals surface area contributed by atoms with Crippen LogP contribution in [0.4, 0.5) is 0 Å². The molecule has 0 aliphatic heterocycles. The summed E-state index contributed by atoms with van der Waals surface area (Å²) in [7, 11) is 0. The zero-order valence-corrected chi connectivity index (χ0v) is 9.79. The maximum atomic E-state index is 4.71. The third-order valence-corrected chi connectivity index (χ3v) is 4.12. The first-order valence-corrected chi connectivity index (χ1v) is 6.27. The first kappa shape index (κ1) is 9.53. The van der Waals surface area contributed by atoms with Crippen LogP contribution in [0.3, 0.4) is 0 Å². The molecule has 1 aliphatic rings. The van der Waals surface area contributed by atoms with Gasteiger partial charge in [0.05, 0.1) is 10.7 Å². The van der Waals surface area contributed by atoms with Gasteiger partial charge in [0.15, 0.2) is 0 Å². The molecule has 0 aromatic carbocycles. The highest BCUT2D eigenvalue weighted by atomic mass is 32.1. The molecule has 0 unspecified atom stereocenters. The van der Waals surface area contributed by atoms with Crippen LogP contribution in [0.5, 0.6) is 0 Å². The Balaban J connectivity index is 2.30. The van der Waals surface area contributed by atoms with Crippen molar-refractivity contribution in [1.29, 1.82) is 0 Å². The average Bonchev–Trinajstić information content (AvgIpc) is 2.84. The van der Waals surface area contributed by atoms with Crippen LogP contribution in [-0.4, -0.2) is 4.98 Å². The van der Waals surface area contributed by atoms with E-state index in [0.717, 1.165) is 11.7 Å². The number of hydrogen-bond acceptors (Lipinski definition) is 3. The van der Waals surface area contributed by atoms with Gasteiger partial charge in [-0.1, -0.05) is 13.8 Å². The SMILES string of the molecule is CC(C)c1nc(C2CC2)sc1CS. The predicted octanol–water partition coefficient (Wildman–Crippen LogP) is 3.57. The van der Waals surface area contributed by atoms with Crippen LogP contribution in [0.15, 0.2) is 0 Å². The third kappa shape index (κ3) is 1.91. The minimum absolute atomic E-state index is 0.547. The molecule has 1 aromatic heterocycles. The molecule has 0 N–H and O–H groups in total. The molecule has 1 aliphatic carbocycles. The number of thiol groups is 1. The predicted molar refractivity (Wildman–Crippen MR) is 60.9 cm³/mol. The van der Waals surface area contributed by atoms with Gasteiger partial charge in [0, 0.05) is 16.5 Å². The van der Waals surface area contributed by atoms with Gasteiger partial charge in [0.25, 0.3) is 0 Å². The Morgan fingerprint density at radius 3 is 2.62 bits per heavy atom. The van der Waals surface area contributed by atoms with E-state index in [4.69, 9.17) is 4.98 Å². The average molecular weight is 213 g/mol. The number of rotatable bonds is 3. The van der Waals surface area contributed by atoms with E-state index in [2.05, 4.69) is 26.5 Å². The summed E-state index contributed by atoms with van der Waals surface area (Å²) in [5.74, 6) is 2.18. The van der Waals surface area contributed by atoms with Gasteiger partial charge in [-0.2, -0.15) is 12.6 Å². The maximum Gasteiger partial charge on any atom is 0.0962 e. The zero-order chi connectivity index (χ0) is 9.42. The number of aromatic nitrogens is 1. The van der Waals surface area contributed by atoms with Crippen LogP contribution in [0.1, 0.15) is 54.1 Å². The third-order valence-electron chi connectivity index (χ3n) is 2.36. The van der Waals surface area contributed by atoms with E-state index in [1.54, 1.807) is 0 Å². The quantitative estimate of drug-likeness (QED) is 0.757. The highest BCUT2D eigenvalue weighted by Crippen LogP contribution is 2.43. The van der Waals surface area contributed by atoms with Crippen molar-refractivity contribution in [3.63, 3.8) is 0 Å². The van der Waals surface area contributed by atoms with Crippen molar-refractivity contribution < 1.29 is 0 Å². The van der Waals surface area contributed by atoms with E-state index in [9.17, 15) is 0 Å². The molecule has 0 spiro atoms. The van der Waals surface area contributed by atoms with Gasteiger partial charge in [0.2, 0.25) is 0 Å². The van der Waals surface area contributed by atoms with E-state index >= 15 is 0 Å². The molecular formula is C10H15NS2. The first-order valence-electron chi connectivity index (χ1n) is 4.82. The standard InChI is InChI=1S/C10H15NS2/c1-6(2)9-8(5-12)13-10(11-9)7-3-4-7/h6-7,12H,3-5H2,1-2H3. The van der Waals surface area contributed by atoms with Crippen molar-refractivity contribution in [1.82, 2.24) is 4.98 Å². The summed E-state index contributed by atoms with van der Waals surface area (Å²) in [6.45, 7) is 4.41. The molecule has 1 saturated carbocycles. The van der Waals surface area contributed by atoms with Crippen molar-refractivity contribution in [2.24, 2.45) is 0 Å². The van der Waals surface area contributed by atoms with Gasteiger partial charge in [-0.05, 0) is 18.8 Å². The molecule has 13 heavy (non-hydrogen) atoms. The van der Waals surface area contributed by atoms with Crippen molar-refractivity contribution in [3.05, 3.63) is 15.6 Å². The van der Waals surface area contributed by atoms with Crippen LogP contribution in [-0.2, 0) is 5.75 Å². The summed E-state index contributed by atoms with van der Waals surface area (Å²) in [4.78, 5) is 6.09. The fourth-order valence-corrected chi connectivity index (χ4v) is 3.06. The highest BCUT2D eigenvalue weighted by molar-refractivity contribution is 7.79. The fraction of sp³-hybridized carbons (Fsp3) is 0.700. The molecule has 0 radical (unpaired) electrons. The largest absolute Gasteiger partial charge is 0.245 e. The van der Waals surface area contributed by atoms with E-state index < -0.39 is 0 Å². The lowest BCUT2D eigenvalue weighted by molar-refractivity contribution is 0.813. The fourth-order valence-electron chi connectivity index (χ4n) is 1.45. The molecule has 1 fully saturated rings. The summed E-state index contributed by atoms with van der Waals surface area (Å²) < 4.78 is 0. The Labute approximate surface area is 89.0 Å². The molecule has 2 rings (SSSR count). The van der Waals surface area contributed by atoms with Crippen LogP contribution >= 0.6 is 24.0 Å². The lowest BCUT2D eigenvalue weighted by Gasteiger charge is -2.01. The molecule has 1 aromatic rings. The molecule has 0 bridgehead atoms. The van der Waals surface area contributed by atoms with Crippen molar-refractivity contribution >= 4 is 24.0 Å². The zero-order valence-electron chi connectivity index (χ0n) is 8.08. The van der Waals surface area contributed by atoms with Crippen LogP contribution in [0.25, 0.3) is 0 Å². The van der Waals surface area contributed by atoms with Gasteiger partial charge in [-0.25, -0.2) is 4.98 Å². The van der Waals surface area contributed by atoms with E-state index in [0.29, 0.717) is 5.92 Å². The molecular weight excluding hydrogens is 198 g/mol. The number of thiazole rings is 1. The van der Waals surface area contributed by atoms with E-state index in [1.165, 1.54) is 28.4 Å². The Bertz CT molecular complexity index is 300.